The summed E-state index contributed by atoms with van der Waals surface area (Å²) in [6.45, 7) is 3.01. The maximum atomic E-state index is 6.15. The van der Waals surface area contributed by atoms with Crippen LogP contribution in [-0.2, 0) is 0 Å². The van der Waals surface area contributed by atoms with E-state index >= 15 is 0 Å². The first kappa shape index (κ1) is 12.6. The molecule has 0 amide bonds. The zero-order chi connectivity index (χ0) is 13.1. The van der Waals surface area contributed by atoms with Crippen LogP contribution in [0.5, 0.6) is 5.75 Å². The van der Waals surface area contributed by atoms with Crippen molar-refractivity contribution in [3.05, 3.63) is 48.4 Å². The van der Waals surface area contributed by atoms with E-state index in [2.05, 4.69) is 18.3 Å². The van der Waals surface area contributed by atoms with E-state index in [-0.39, 0.29) is 12.1 Å². The molecule has 2 heterocycles. The monoisotopic (exact) mass is 275 g/mol. The summed E-state index contributed by atoms with van der Waals surface area (Å²) >= 11 is 1.85. The molecule has 3 rings (SSSR count). The summed E-state index contributed by atoms with van der Waals surface area (Å²) in [5.74, 6) is 1.93. The highest BCUT2D eigenvalue weighted by Gasteiger charge is 2.29. The van der Waals surface area contributed by atoms with E-state index in [4.69, 9.17) is 9.15 Å². The van der Waals surface area contributed by atoms with Gasteiger partial charge >= 0.3 is 0 Å². The van der Waals surface area contributed by atoms with Crippen molar-refractivity contribution in [2.24, 2.45) is 0 Å². The van der Waals surface area contributed by atoms with Crippen LogP contribution in [0.15, 0.2) is 52.2 Å². The highest BCUT2D eigenvalue weighted by atomic mass is 32.2. The molecule has 1 aliphatic heterocycles. The second kappa shape index (κ2) is 5.72. The summed E-state index contributed by atoms with van der Waals surface area (Å²) in [5.41, 5.74) is 1.15. The first-order valence-electron chi connectivity index (χ1n) is 6.52. The van der Waals surface area contributed by atoms with E-state index in [0.717, 1.165) is 23.6 Å². The number of fused-ring (bicyclic) bond motifs is 1. The van der Waals surface area contributed by atoms with Gasteiger partial charge in [0.15, 0.2) is 0 Å². The second-order valence-corrected chi connectivity index (χ2v) is 5.57. The summed E-state index contributed by atoms with van der Waals surface area (Å²) in [7, 11) is 0. The number of benzene rings is 1. The van der Waals surface area contributed by atoms with E-state index in [1.807, 2.05) is 36.0 Å². The molecule has 0 saturated carbocycles. The predicted octanol–water partition coefficient (Wildman–Crippen LogP) is 3.48. The van der Waals surface area contributed by atoms with Crippen molar-refractivity contribution in [2.75, 3.05) is 12.3 Å². The summed E-state index contributed by atoms with van der Waals surface area (Å²) in [4.78, 5) is 1.22. The van der Waals surface area contributed by atoms with E-state index in [0.29, 0.717) is 0 Å². The molecule has 1 N–H and O–H groups in total. The molecule has 0 radical (unpaired) electrons. The van der Waals surface area contributed by atoms with Gasteiger partial charge in [0.2, 0.25) is 0 Å². The van der Waals surface area contributed by atoms with Gasteiger partial charge in [-0.05, 0) is 24.7 Å². The minimum atomic E-state index is 0.123. The molecule has 1 aliphatic rings. The van der Waals surface area contributed by atoms with Crippen molar-refractivity contribution in [1.82, 2.24) is 5.32 Å². The van der Waals surface area contributed by atoms with Crippen molar-refractivity contribution in [2.45, 2.75) is 24.0 Å². The molecule has 2 atom stereocenters. The third-order valence-electron chi connectivity index (χ3n) is 3.23. The van der Waals surface area contributed by atoms with E-state index in [9.17, 15) is 0 Å². The number of likely N-dealkylation sites (N-methyl/N-ethyl adjacent to an activating group) is 1. The topological polar surface area (TPSA) is 34.4 Å². The van der Waals surface area contributed by atoms with Crippen LogP contribution >= 0.6 is 11.8 Å². The van der Waals surface area contributed by atoms with Crippen LogP contribution in [0.3, 0.4) is 0 Å². The van der Waals surface area contributed by atoms with Crippen LogP contribution in [0, 0.1) is 0 Å². The van der Waals surface area contributed by atoms with Gasteiger partial charge in [-0.2, -0.15) is 0 Å². The highest BCUT2D eigenvalue weighted by molar-refractivity contribution is 7.99. The van der Waals surface area contributed by atoms with Gasteiger partial charge in [0.05, 0.1) is 18.6 Å². The summed E-state index contributed by atoms with van der Waals surface area (Å²) in [6.07, 6.45) is 3.63. The molecule has 0 spiro atoms. The molecular formula is C15H17NO2S. The van der Waals surface area contributed by atoms with Crippen molar-refractivity contribution < 1.29 is 9.15 Å². The number of rotatable bonds is 4. The van der Waals surface area contributed by atoms with Gasteiger partial charge in [0.1, 0.15) is 11.9 Å². The smallest absolute Gasteiger partial charge is 0.133 e. The Kier molecular flexibility index (Phi) is 3.80. The minimum Gasteiger partial charge on any atom is -0.486 e. The second-order valence-electron chi connectivity index (χ2n) is 4.51. The quantitative estimate of drug-likeness (QED) is 0.926. The molecule has 4 heteroatoms. The molecule has 2 unspecified atom stereocenters. The summed E-state index contributed by atoms with van der Waals surface area (Å²) < 4.78 is 11.3. The number of thioether (sulfide) groups is 1. The third-order valence-corrected chi connectivity index (χ3v) is 4.37. The van der Waals surface area contributed by atoms with Gasteiger partial charge in [0.25, 0.3) is 0 Å². The van der Waals surface area contributed by atoms with E-state index < -0.39 is 0 Å². The molecule has 100 valence electrons. The molecular weight excluding hydrogens is 258 g/mol. The van der Waals surface area contributed by atoms with Crippen LogP contribution < -0.4 is 10.1 Å². The maximum absolute atomic E-state index is 6.15. The number of hydrogen-bond donors (Lipinski definition) is 1. The number of ether oxygens (including phenoxy) is 1. The average Bonchev–Trinajstić information content (AvgIpc) is 2.98. The van der Waals surface area contributed by atoms with Crippen LogP contribution in [0.1, 0.15) is 18.5 Å². The third kappa shape index (κ3) is 2.65. The zero-order valence-electron chi connectivity index (χ0n) is 10.8. The summed E-state index contributed by atoms with van der Waals surface area (Å²) in [5, 5.41) is 3.49. The van der Waals surface area contributed by atoms with Crippen molar-refractivity contribution >= 4 is 11.8 Å². The molecule has 0 bridgehead atoms. The molecule has 19 heavy (non-hydrogen) atoms. The standard InChI is InChI=1S/C15H17NO2S/c1-2-16-15(11-7-8-17-9-11)13-10-19-14-6-4-3-5-12(14)18-13/h3-9,13,15-16H,2,10H2,1H3. The molecule has 3 nitrogen and oxygen atoms in total. The van der Waals surface area contributed by atoms with E-state index in [1.165, 1.54) is 4.90 Å². The molecule has 1 aromatic carbocycles. The minimum absolute atomic E-state index is 0.123. The SMILES string of the molecule is CCNC(c1ccoc1)C1CSc2ccccc2O1. The number of para-hydroxylation sites is 1. The molecule has 0 saturated heterocycles. The molecule has 2 aromatic rings. The Morgan fingerprint density at radius 1 is 1.37 bits per heavy atom. The van der Waals surface area contributed by atoms with Gasteiger partial charge in [-0.3, -0.25) is 0 Å². The molecule has 1 aromatic heterocycles. The van der Waals surface area contributed by atoms with Gasteiger partial charge in [-0.25, -0.2) is 0 Å². The lowest BCUT2D eigenvalue weighted by Gasteiger charge is -2.31. The lowest BCUT2D eigenvalue weighted by atomic mass is 10.1. The first-order chi connectivity index (χ1) is 9.38. The van der Waals surface area contributed by atoms with Crippen LogP contribution in [0.25, 0.3) is 0 Å². The Bertz CT molecular complexity index is 527. The number of nitrogens with one attached hydrogen (secondary N) is 1. The Morgan fingerprint density at radius 2 is 2.26 bits per heavy atom. The van der Waals surface area contributed by atoms with Gasteiger partial charge in [-0.15, -0.1) is 11.8 Å². The molecule has 0 aliphatic carbocycles. The fraction of sp³-hybridized carbons (Fsp3) is 0.333. The lowest BCUT2D eigenvalue weighted by Crippen LogP contribution is -2.38. The van der Waals surface area contributed by atoms with E-state index in [1.54, 1.807) is 12.5 Å². The number of hydrogen-bond acceptors (Lipinski definition) is 4. The first-order valence-corrected chi connectivity index (χ1v) is 7.51. The van der Waals surface area contributed by atoms with Crippen LogP contribution in [-0.4, -0.2) is 18.4 Å². The average molecular weight is 275 g/mol. The Morgan fingerprint density at radius 3 is 3.05 bits per heavy atom. The Balaban J connectivity index is 1.82. The summed E-state index contributed by atoms with van der Waals surface area (Å²) in [6, 6.07) is 10.4. The van der Waals surface area contributed by atoms with Crippen molar-refractivity contribution in [3.63, 3.8) is 0 Å². The van der Waals surface area contributed by atoms with Gasteiger partial charge < -0.3 is 14.5 Å². The van der Waals surface area contributed by atoms with Crippen molar-refractivity contribution in [3.8, 4) is 5.75 Å². The largest absolute Gasteiger partial charge is 0.486 e. The fourth-order valence-electron chi connectivity index (χ4n) is 2.34. The van der Waals surface area contributed by atoms with Gasteiger partial charge in [0, 0.05) is 16.2 Å². The predicted molar refractivity (Wildman–Crippen MR) is 76.7 cm³/mol. The van der Waals surface area contributed by atoms with Crippen LogP contribution in [0.4, 0.5) is 0 Å². The van der Waals surface area contributed by atoms with Crippen molar-refractivity contribution in [1.29, 1.82) is 0 Å². The Hall–Kier alpha value is -1.39. The fourth-order valence-corrected chi connectivity index (χ4v) is 3.37. The number of furan rings is 1. The Labute approximate surface area is 117 Å². The van der Waals surface area contributed by atoms with Crippen LogP contribution in [0.2, 0.25) is 0 Å². The highest BCUT2D eigenvalue weighted by Crippen LogP contribution is 2.38. The zero-order valence-corrected chi connectivity index (χ0v) is 11.7. The normalized spacial score (nSPS) is 19.5. The maximum Gasteiger partial charge on any atom is 0.133 e. The van der Waals surface area contributed by atoms with Gasteiger partial charge in [-0.1, -0.05) is 19.1 Å². The lowest BCUT2D eigenvalue weighted by molar-refractivity contribution is 0.167. The molecule has 0 fully saturated rings.